The van der Waals surface area contributed by atoms with E-state index in [9.17, 15) is 17.6 Å². The van der Waals surface area contributed by atoms with E-state index in [4.69, 9.17) is 16.3 Å². The topological polar surface area (TPSA) is 103 Å². The lowest BCUT2D eigenvalue weighted by atomic mass is 9.87. The summed E-state index contributed by atoms with van der Waals surface area (Å²) >= 11 is 5.97. The monoisotopic (exact) mass is 508 g/mol. The number of anilines is 1. The van der Waals surface area contributed by atoms with Crippen LogP contribution in [0, 0.1) is 5.82 Å². The van der Waals surface area contributed by atoms with Crippen LogP contribution in [0.5, 0.6) is 0 Å². The third kappa shape index (κ3) is 5.56. The molecule has 0 saturated heterocycles. The van der Waals surface area contributed by atoms with Crippen molar-refractivity contribution >= 4 is 33.3 Å². The zero-order chi connectivity index (χ0) is 25.3. The molecule has 3 rings (SSSR count). The molecular weight excluding hydrogens is 483 g/mol. The summed E-state index contributed by atoms with van der Waals surface area (Å²) in [4.78, 5) is 11.5. The van der Waals surface area contributed by atoms with Crippen LogP contribution in [0.4, 0.5) is 10.1 Å². The van der Waals surface area contributed by atoms with Crippen LogP contribution in [0.3, 0.4) is 0 Å². The van der Waals surface area contributed by atoms with Crippen molar-refractivity contribution in [1.82, 2.24) is 14.8 Å². The Morgan fingerprint density at radius 1 is 1.18 bits per heavy atom. The number of halogens is 2. The van der Waals surface area contributed by atoms with Crippen LogP contribution in [0.2, 0.25) is 5.02 Å². The van der Waals surface area contributed by atoms with Crippen LogP contribution in [-0.4, -0.2) is 35.8 Å². The number of aromatic nitrogens is 3. The Bertz CT molecular complexity index is 1320. The van der Waals surface area contributed by atoms with Gasteiger partial charge in [-0.2, -0.15) is 0 Å². The van der Waals surface area contributed by atoms with Gasteiger partial charge in [0.15, 0.2) is 5.82 Å². The average molecular weight is 509 g/mol. The van der Waals surface area contributed by atoms with Gasteiger partial charge in [0, 0.05) is 18.3 Å². The summed E-state index contributed by atoms with van der Waals surface area (Å²) in [7, 11) is -2.67. The molecule has 182 valence electrons. The van der Waals surface area contributed by atoms with Gasteiger partial charge in [-0.25, -0.2) is 12.8 Å². The molecule has 2 aromatic carbocycles. The summed E-state index contributed by atoms with van der Waals surface area (Å²) in [6, 6.07) is 8.94. The van der Waals surface area contributed by atoms with Crippen molar-refractivity contribution in [2.45, 2.75) is 44.4 Å². The van der Waals surface area contributed by atoms with Gasteiger partial charge in [0.1, 0.15) is 23.0 Å². The van der Waals surface area contributed by atoms with Crippen LogP contribution in [0.1, 0.15) is 39.1 Å². The molecular formula is C23H26ClFN4O4S. The Balaban J connectivity index is 2.02. The van der Waals surface area contributed by atoms with Gasteiger partial charge >= 0.3 is 5.97 Å². The first kappa shape index (κ1) is 25.6. The standard InChI is InChI=1S/C23H26ClFN4O4S/c1-6-33-21(30)13-20-26-27-22(29(20)5)16-11-17(24)18(25)12-19(16)34(31,32)28-15-9-7-14(8-10-15)23(2,3)4/h7-12,28H,6,13H2,1-5H3. The number of benzene rings is 2. The van der Waals surface area contributed by atoms with E-state index in [2.05, 4.69) is 14.9 Å². The predicted molar refractivity (Wildman–Crippen MR) is 128 cm³/mol. The summed E-state index contributed by atoms with van der Waals surface area (Å²) in [6.45, 7) is 8.04. The van der Waals surface area contributed by atoms with E-state index in [1.165, 1.54) is 10.6 Å². The molecule has 1 heterocycles. The van der Waals surface area contributed by atoms with Gasteiger partial charge in [-0.1, -0.05) is 44.5 Å². The smallest absolute Gasteiger partial charge is 0.313 e. The number of hydrogen-bond acceptors (Lipinski definition) is 6. The molecule has 0 aliphatic carbocycles. The van der Waals surface area contributed by atoms with Gasteiger partial charge in [0.2, 0.25) is 0 Å². The molecule has 0 aliphatic heterocycles. The van der Waals surface area contributed by atoms with E-state index < -0.39 is 21.8 Å². The van der Waals surface area contributed by atoms with E-state index in [-0.39, 0.29) is 45.6 Å². The Morgan fingerprint density at radius 2 is 1.82 bits per heavy atom. The highest BCUT2D eigenvalue weighted by Gasteiger charge is 2.26. The quantitative estimate of drug-likeness (QED) is 0.472. The first-order valence-electron chi connectivity index (χ1n) is 10.5. The molecule has 0 spiro atoms. The zero-order valence-electron chi connectivity index (χ0n) is 19.5. The molecule has 0 saturated carbocycles. The fourth-order valence-electron chi connectivity index (χ4n) is 3.27. The minimum Gasteiger partial charge on any atom is -0.466 e. The Kier molecular flexibility index (Phi) is 7.32. The number of ether oxygens (including phenoxy) is 1. The molecule has 34 heavy (non-hydrogen) atoms. The molecule has 0 aliphatic rings. The lowest BCUT2D eigenvalue weighted by molar-refractivity contribution is -0.142. The highest BCUT2D eigenvalue weighted by Crippen LogP contribution is 2.33. The van der Waals surface area contributed by atoms with Crippen LogP contribution in [0.25, 0.3) is 11.4 Å². The second kappa shape index (κ2) is 9.71. The maximum absolute atomic E-state index is 14.4. The van der Waals surface area contributed by atoms with Crippen molar-refractivity contribution < 1.29 is 22.3 Å². The highest BCUT2D eigenvalue weighted by atomic mass is 35.5. The number of sulfonamides is 1. The van der Waals surface area contributed by atoms with Crippen molar-refractivity contribution in [3.63, 3.8) is 0 Å². The van der Waals surface area contributed by atoms with E-state index in [0.29, 0.717) is 5.69 Å². The molecule has 0 bridgehead atoms. The molecule has 8 nitrogen and oxygen atoms in total. The minimum atomic E-state index is -4.24. The van der Waals surface area contributed by atoms with Crippen molar-refractivity contribution in [3.05, 3.63) is 58.6 Å². The average Bonchev–Trinajstić information content (AvgIpc) is 3.09. The number of nitrogens with zero attached hydrogens (tertiary/aromatic N) is 3. The van der Waals surface area contributed by atoms with Crippen LogP contribution < -0.4 is 4.72 Å². The molecule has 0 atom stereocenters. The van der Waals surface area contributed by atoms with Crippen molar-refractivity contribution in [3.8, 4) is 11.4 Å². The van der Waals surface area contributed by atoms with Gasteiger partial charge in [-0.15, -0.1) is 10.2 Å². The van der Waals surface area contributed by atoms with E-state index in [1.54, 1.807) is 26.1 Å². The minimum absolute atomic E-state index is 0.0373. The van der Waals surface area contributed by atoms with Crippen LogP contribution in [-0.2, 0) is 38.4 Å². The highest BCUT2D eigenvalue weighted by molar-refractivity contribution is 7.92. The largest absolute Gasteiger partial charge is 0.466 e. The van der Waals surface area contributed by atoms with Gasteiger partial charge in [-0.3, -0.25) is 9.52 Å². The normalized spacial score (nSPS) is 12.0. The van der Waals surface area contributed by atoms with Gasteiger partial charge in [0.25, 0.3) is 10.0 Å². The molecule has 1 N–H and O–H groups in total. The SMILES string of the molecule is CCOC(=O)Cc1nnc(-c2cc(Cl)c(F)cc2S(=O)(=O)Nc2ccc(C(C)(C)C)cc2)n1C. The van der Waals surface area contributed by atoms with Crippen LogP contribution >= 0.6 is 11.6 Å². The van der Waals surface area contributed by atoms with Gasteiger partial charge < -0.3 is 9.30 Å². The number of hydrogen-bond donors (Lipinski definition) is 1. The van der Waals surface area contributed by atoms with Crippen molar-refractivity contribution in [2.24, 2.45) is 7.05 Å². The summed E-state index contributed by atoms with van der Waals surface area (Å²) in [5.74, 6) is -1.05. The maximum Gasteiger partial charge on any atom is 0.313 e. The second-order valence-electron chi connectivity index (χ2n) is 8.68. The van der Waals surface area contributed by atoms with Crippen molar-refractivity contribution in [1.29, 1.82) is 0 Å². The second-order valence-corrected chi connectivity index (χ2v) is 10.7. The molecule has 11 heteroatoms. The summed E-state index contributed by atoms with van der Waals surface area (Å²) in [6.07, 6.45) is -0.160. The number of esters is 1. The molecule has 0 fully saturated rings. The fourth-order valence-corrected chi connectivity index (χ4v) is 4.68. The van der Waals surface area contributed by atoms with Gasteiger partial charge in [0.05, 0.1) is 11.6 Å². The zero-order valence-corrected chi connectivity index (χ0v) is 21.1. The predicted octanol–water partition coefficient (Wildman–Crippen LogP) is 4.48. The number of carbonyl (C=O) groups excluding carboxylic acids is 1. The molecule has 3 aromatic rings. The summed E-state index contributed by atoms with van der Waals surface area (Å²) < 4.78 is 49.7. The first-order valence-corrected chi connectivity index (χ1v) is 12.4. The number of rotatable bonds is 7. The molecule has 0 amide bonds. The third-order valence-electron chi connectivity index (χ3n) is 5.13. The number of nitrogens with one attached hydrogen (secondary N) is 1. The Morgan fingerprint density at radius 3 is 2.41 bits per heavy atom. The van der Waals surface area contributed by atoms with E-state index in [0.717, 1.165) is 11.6 Å². The fraction of sp³-hybridized carbons (Fsp3) is 0.348. The van der Waals surface area contributed by atoms with Crippen LogP contribution in [0.15, 0.2) is 41.3 Å². The molecule has 0 unspecified atom stereocenters. The lowest BCUT2D eigenvalue weighted by Gasteiger charge is -2.19. The Hall–Kier alpha value is -2.98. The van der Waals surface area contributed by atoms with E-state index >= 15 is 0 Å². The third-order valence-corrected chi connectivity index (χ3v) is 6.84. The molecule has 0 radical (unpaired) electrons. The van der Waals surface area contributed by atoms with Gasteiger partial charge in [-0.05, 0) is 42.2 Å². The molecule has 1 aromatic heterocycles. The Labute approximate surface area is 203 Å². The summed E-state index contributed by atoms with van der Waals surface area (Å²) in [5.41, 5.74) is 1.28. The first-order chi connectivity index (χ1) is 15.8. The maximum atomic E-state index is 14.4. The lowest BCUT2D eigenvalue weighted by Crippen LogP contribution is -2.16. The number of carbonyl (C=O) groups is 1. The van der Waals surface area contributed by atoms with E-state index in [1.807, 2.05) is 32.9 Å². The van der Waals surface area contributed by atoms with Crippen molar-refractivity contribution in [2.75, 3.05) is 11.3 Å². The summed E-state index contributed by atoms with van der Waals surface area (Å²) in [5, 5.41) is 7.71.